The van der Waals surface area contributed by atoms with E-state index in [1.807, 2.05) is 12.1 Å². The van der Waals surface area contributed by atoms with Gasteiger partial charge in [0.25, 0.3) is 0 Å². The zero-order valence-corrected chi connectivity index (χ0v) is 14.4. The molecule has 0 spiro atoms. The van der Waals surface area contributed by atoms with Crippen molar-refractivity contribution >= 4 is 12.0 Å². The first-order valence-corrected chi connectivity index (χ1v) is 8.53. The number of hydrogen-bond acceptors (Lipinski definition) is 5. The number of methoxy groups -OCH3 is 1. The molecular formula is C20H23NO4. The van der Waals surface area contributed by atoms with E-state index >= 15 is 0 Å². The quantitative estimate of drug-likeness (QED) is 0.779. The Morgan fingerprint density at radius 1 is 1.28 bits per heavy atom. The van der Waals surface area contributed by atoms with E-state index in [2.05, 4.69) is 17.0 Å². The van der Waals surface area contributed by atoms with Crippen LogP contribution in [0.15, 0.2) is 42.5 Å². The van der Waals surface area contributed by atoms with E-state index in [4.69, 9.17) is 9.47 Å². The molecular weight excluding hydrogens is 318 g/mol. The monoisotopic (exact) mass is 341 g/mol. The highest BCUT2D eigenvalue weighted by Crippen LogP contribution is 2.30. The Balaban J connectivity index is 1.63. The standard InChI is InChI=1S/C20H23NO4/c1-24-17-7-2-5-16(13-17)21-11-4-6-15(21)10-12-25-20-9-3-8-19(23)18(20)14-22/h2-3,5,7-9,13-15,23H,4,6,10-12H2,1H3/t15-/m0/s1. The fourth-order valence-corrected chi connectivity index (χ4v) is 3.35. The van der Waals surface area contributed by atoms with Crippen LogP contribution in [0.1, 0.15) is 29.6 Å². The van der Waals surface area contributed by atoms with Gasteiger partial charge in [-0.05, 0) is 37.1 Å². The molecule has 1 aliphatic heterocycles. The molecule has 1 atom stereocenters. The summed E-state index contributed by atoms with van der Waals surface area (Å²) in [6.07, 6.45) is 3.74. The first kappa shape index (κ1) is 17.1. The third-order valence-electron chi connectivity index (χ3n) is 4.63. The summed E-state index contributed by atoms with van der Waals surface area (Å²) >= 11 is 0. The predicted octanol–water partition coefficient (Wildman–Crippen LogP) is 3.65. The van der Waals surface area contributed by atoms with Crippen molar-refractivity contribution in [2.24, 2.45) is 0 Å². The highest BCUT2D eigenvalue weighted by molar-refractivity contribution is 5.83. The van der Waals surface area contributed by atoms with Gasteiger partial charge in [0.2, 0.25) is 0 Å². The van der Waals surface area contributed by atoms with Gasteiger partial charge in [-0.3, -0.25) is 4.79 Å². The fourth-order valence-electron chi connectivity index (χ4n) is 3.35. The van der Waals surface area contributed by atoms with Crippen molar-refractivity contribution < 1.29 is 19.4 Å². The molecule has 25 heavy (non-hydrogen) atoms. The number of nitrogens with zero attached hydrogens (tertiary/aromatic N) is 1. The Kier molecular flexibility index (Phi) is 5.43. The Labute approximate surface area is 147 Å². The Hall–Kier alpha value is -2.69. The van der Waals surface area contributed by atoms with Gasteiger partial charge in [-0.1, -0.05) is 12.1 Å². The van der Waals surface area contributed by atoms with Crippen LogP contribution in [0.4, 0.5) is 5.69 Å². The Bertz CT molecular complexity index is 731. The zero-order valence-electron chi connectivity index (χ0n) is 14.4. The average molecular weight is 341 g/mol. The molecule has 5 heteroatoms. The van der Waals surface area contributed by atoms with Gasteiger partial charge in [0.1, 0.15) is 17.2 Å². The number of ether oxygens (including phenoxy) is 2. The molecule has 0 aliphatic carbocycles. The lowest BCUT2D eigenvalue weighted by atomic mass is 10.1. The SMILES string of the molecule is COc1cccc(N2CCC[C@H]2CCOc2cccc(O)c2C=O)c1. The molecule has 1 aliphatic rings. The van der Waals surface area contributed by atoms with Gasteiger partial charge in [0.05, 0.1) is 19.3 Å². The number of carbonyl (C=O) groups is 1. The van der Waals surface area contributed by atoms with Gasteiger partial charge in [0, 0.05) is 30.8 Å². The normalized spacial score (nSPS) is 16.7. The smallest absolute Gasteiger partial charge is 0.157 e. The summed E-state index contributed by atoms with van der Waals surface area (Å²) in [7, 11) is 1.67. The van der Waals surface area contributed by atoms with Crippen LogP contribution < -0.4 is 14.4 Å². The van der Waals surface area contributed by atoms with E-state index in [1.54, 1.807) is 19.2 Å². The van der Waals surface area contributed by atoms with E-state index in [1.165, 1.54) is 6.07 Å². The van der Waals surface area contributed by atoms with Crippen molar-refractivity contribution in [1.82, 2.24) is 0 Å². The number of rotatable bonds is 7. The third kappa shape index (κ3) is 3.87. The second-order valence-electron chi connectivity index (χ2n) is 6.13. The van der Waals surface area contributed by atoms with E-state index < -0.39 is 0 Å². The maximum absolute atomic E-state index is 11.1. The lowest BCUT2D eigenvalue weighted by Gasteiger charge is -2.27. The van der Waals surface area contributed by atoms with Crippen molar-refractivity contribution in [3.63, 3.8) is 0 Å². The molecule has 2 aromatic carbocycles. The number of phenols is 1. The minimum absolute atomic E-state index is 0.0497. The average Bonchev–Trinajstić information content (AvgIpc) is 3.10. The van der Waals surface area contributed by atoms with Crippen molar-refractivity contribution in [3.05, 3.63) is 48.0 Å². The number of phenolic OH excluding ortho intramolecular Hbond substituents is 1. The highest BCUT2D eigenvalue weighted by atomic mass is 16.5. The maximum Gasteiger partial charge on any atom is 0.157 e. The van der Waals surface area contributed by atoms with Crippen LogP contribution in [0.2, 0.25) is 0 Å². The largest absolute Gasteiger partial charge is 0.507 e. The summed E-state index contributed by atoms with van der Waals surface area (Å²) < 4.78 is 11.1. The molecule has 132 valence electrons. The molecule has 1 saturated heterocycles. The van der Waals surface area contributed by atoms with Gasteiger partial charge >= 0.3 is 0 Å². The summed E-state index contributed by atoms with van der Waals surface area (Å²) in [5.74, 6) is 1.24. The molecule has 2 aromatic rings. The molecule has 0 bridgehead atoms. The van der Waals surface area contributed by atoms with Crippen LogP contribution in [-0.4, -0.2) is 37.7 Å². The third-order valence-corrected chi connectivity index (χ3v) is 4.63. The molecule has 3 rings (SSSR count). The zero-order chi connectivity index (χ0) is 17.6. The van der Waals surface area contributed by atoms with Crippen LogP contribution >= 0.6 is 0 Å². The number of anilines is 1. The van der Waals surface area contributed by atoms with Crippen LogP contribution in [-0.2, 0) is 0 Å². The van der Waals surface area contributed by atoms with Crippen molar-refractivity contribution in [1.29, 1.82) is 0 Å². The highest BCUT2D eigenvalue weighted by Gasteiger charge is 2.25. The second kappa shape index (κ2) is 7.92. The minimum Gasteiger partial charge on any atom is -0.507 e. The molecule has 0 radical (unpaired) electrons. The summed E-state index contributed by atoms with van der Waals surface area (Å²) in [5, 5.41) is 9.71. The molecule has 1 N–H and O–H groups in total. The molecule has 1 heterocycles. The topological polar surface area (TPSA) is 59.0 Å². The number of benzene rings is 2. The lowest BCUT2D eigenvalue weighted by Crippen LogP contribution is -2.30. The predicted molar refractivity (Wildman–Crippen MR) is 97.0 cm³/mol. The van der Waals surface area contributed by atoms with E-state index in [-0.39, 0.29) is 11.3 Å². The number of aldehydes is 1. The molecule has 1 fully saturated rings. The van der Waals surface area contributed by atoms with Crippen LogP contribution in [0.5, 0.6) is 17.2 Å². The minimum atomic E-state index is -0.0497. The summed E-state index contributed by atoms with van der Waals surface area (Å²) in [6.45, 7) is 1.51. The second-order valence-corrected chi connectivity index (χ2v) is 6.13. The molecule has 0 unspecified atom stereocenters. The van der Waals surface area contributed by atoms with E-state index in [0.717, 1.165) is 37.2 Å². The van der Waals surface area contributed by atoms with E-state index in [0.29, 0.717) is 24.7 Å². The van der Waals surface area contributed by atoms with Crippen molar-refractivity contribution in [2.45, 2.75) is 25.3 Å². The maximum atomic E-state index is 11.1. The van der Waals surface area contributed by atoms with Gasteiger partial charge in [0.15, 0.2) is 6.29 Å². The molecule has 0 aromatic heterocycles. The number of aromatic hydroxyl groups is 1. The van der Waals surface area contributed by atoms with Crippen LogP contribution in [0.25, 0.3) is 0 Å². The first-order chi connectivity index (χ1) is 12.2. The summed E-state index contributed by atoms with van der Waals surface area (Å²) in [6, 6.07) is 13.4. The molecule has 0 amide bonds. The van der Waals surface area contributed by atoms with E-state index in [9.17, 15) is 9.90 Å². The van der Waals surface area contributed by atoms with Crippen molar-refractivity contribution in [2.75, 3.05) is 25.2 Å². The van der Waals surface area contributed by atoms with Gasteiger partial charge in [-0.15, -0.1) is 0 Å². The Morgan fingerprint density at radius 3 is 2.92 bits per heavy atom. The summed E-state index contributed by atoms with van der Waals surface area (Å²) in [5.41, 5.74) is 1.37. The number of hydrogen-bond donors (Lipinski definition) is 1. The molecule has 0 saturated carbocycles. The van der Waals surface area contributed by atoms with Crippen LogP contribution in [0, 0.1) is 0 Å². The number of carbonyl (C=O) groups excluding carboxylic acids is 1. The van der Waals surface area contributed by atoms with Crippen LogP contribution in [0.3, 0.4) is 0 Å². The van der Waals surface area contributed by atoms with Crippen molar-refractivity contribution in [3.8, 4) is 17.2 Å². The van der Waals surface area contributed by atoms with Gasteiger partial charge in [-0.2, -0.15) is 0 Å². The lowest BCUT2D eigenvalue weighted by molar-refractivity contribution is 0.111. The molecule has 5 nitrogen and oxygen atoms in total. The van der Waals surface area contributed by atoms with Gasteiger partial charge < -0.3 is 19.5 Å². The van der Waals surface area contributed by atoms with Gasteiger partial charge in [-0.25, -0.2) is 0 Å². The first-order valence-electron chi connectivity index (χ1n) is 8.53. The Morgan fingerprint density at radius 2 is 2.12 bits per heavy atom. The fraction of sp³-hybridized carbons (Fsp3) is 0.350. The summed E-state index contributed by atoms with van der Waals surface area (Å²) in [4.78, 5) is 13.5.